The van der Waals surface area contributed by atoms with E-state index in [4.69, 9.17) is 12.2 Å². The molecule has 0 bridgehead atoms. The summed E-state index contributed by atoms with van der Waals surface area (Å²) in [5, 5.41) is 16.6. The fourth-order valence-electron chi connectivity index (χ4n) is 2.57. The minimum absolute atomic E-state index is 0.0328. The summed E-state index contributed by atoms with van der Waals surface area (Å²) in [4.78, 5) is 0. The summed E-state index contributed by atoms with van der Waals surface area (Å²) >= 11 is 5.28. The van der Waals surface area contributed by atoms with E-state index >= 15 is 0 Å². The number of hydrogen-bond acceptors (Lipinski definition) is 2. The van der Waals surface area contributed by atoms with Crippen LogP contribution in [0.15, 0.2) is 0 Å². The Morgan fingerprint density at radius 1 is 1.28 bits per heavy atom. The van der Waals surface area contributed by atoms with Gasteiger partial charge in [0.15, 0.2) is 5.11 Å². The summed E-state index contributed by atoms with van der Waals surface area (Å²) in [6, 6.07) is 0.0930. The SMILES string of the molecule is CC(C)(C)NC(=S)NC(CO)CC1CCCCC1. The second-order valence-electron chi connectivity index (χ2n) is 6.47. The molecule has 0 aromatic heterocycles. The minimum Gasteiger partial charge on any atom is -0.394 e. The van der Waals surface area contributed by atoms with Gasteiger partial charge in [-0.3, -0.25) is 0 Å². The van der Waals surface area contributed by atoms with Gasteiger partial charge in [0.1, 0.15) is 0 Å². The van der Waals surface area contributed by atoms with Gasteiger partial charge < -0.3 is 15.7 Å². The van der Waals surface area contributed by atoms with E-state index in [1.165, 1.54) is 32.1 Å². The normalized spacial score (nSPS) is 19.3. The molecular weight excluding hydrogens is 244 g/mol. The summed E-state index contributed by atoms with van der Waals surface area (Å²) in [5.41, 5.74) is -0.0328. The zero-order valence-electron chi connectivity index (χ0n) is 12.0. The summed E-state index contributed by atoms with van der Waals surface area (Å²) in [7, 11) is 0. The second-order valence-corrected chi connectivity index (χ2v) is 6.88. The molecule has 1 rings (SSSR count). The molecule has 0 aromatic rings. The largest absolute Gasteiger partial charge is 0.394 e. The maximum Gasteiger partial charge on any atom is 0.166 e. The molecule has 0 amide bonds. The van der Waals surface area contributed by atoms with Gasteiger partial charge in [0.05, 0.1) is 12.6 Å². The Kier molecular flexibility index (Phi) is 6.36. The first kappa shape index (κ1) is 15.7. The van der Waals surface area contributed by atoms with Crippen LogP contribution in [0.25, 0.3) is 0 Å². The van der Waals surface area contributed by atoms with Crippen LogP contribution in [0.2, 0.25) is 0 Å². The monoisotopic (exact) mass is 272 g/mol. The van der Waals surface area contributed by atoms with Crippen LogP contribution in [0.3, 0.4) is 0 Å². The molecule has 3 nitrogen and oxygen atoms in total. The molecule has 1 aliphatic rings. The summed E-state index contributed by atoms with van der Waals surface area (Å²) in [6.07, 6.45) is 7.69. The molecule has 1 fully saturated rings. The van der Waals surface area contributed by atoms with Crippen LogP contribution in [-0.2, 0) is 0 Å². The summed E-state index contributed by atoms with van der Waals surface area (Å²) in [6.45, 7) is 6.39. The smallest absolute Gasteiger partial charge is 0.166 e. The Bertz CT molecular complexity index is 257. The van der Waals surface area contributed by atoms with Gasteiger partial charge in [-0.1, -0.05) is 32.1 Å². The van der Waals surface area contributed by atoms with Gasteiger partial charge in [-0.2, -0.15) is 0 Å². The number of rotatable bonds is 4. The van der Waals surface area contributed by atoms with E-state index in [1.54, 1.807) is 0 Å². The topological polar surface area (TPSA) is 44.3 Å². The number of aliphatic hydroxyl groups excluding tert-OH is 1. The standard InChI is InChI=1S/C14H28N2OS/c1-14(2,3)16-13(18)15-12(10-17)9-11-7-5-4-6-8-11/h11-12,17H,4-10H2,1-3H3,(H2,15,16,18). The van der Waals surface area contributed by atoms with Gasteiger partial charge in [0.25, 0.3) is 0 Å². The predicted octanol–water partition coefficient (Wildman–Crippen LogP) is 2.58. The molecule has 18 heavy (non-hydrogen) atoms. The second kappa shape index (κ2) is 7.29. The van der Waals surface area contributed by atoms with Crippen molar-refractivity contribution in [1.29, 1.82) is 0 Å². The number of thiocarbonyl (C=S) groups is 1. The molecule has 1 aliphatic carbocycles. The fraction of sp³-hybridized carbons (Fsp3) is 0.929. The maximum absolute atomic E-state index is 9.45. The van der Waals surface area contributed by atoms with Crippen molar-refractivity contribution in [2.45, 2.75) is 70.9 Å². The van der Waals surface area contributed by atoms with Crippen LogP contribution in [-0.4, -0.2) is 28.4 Å². The van der Waals surface area contributed by atoms with Gasteiger partial charge in [-0.15, -0.1) is 0 Å². The quantitative estimate of drug-likeness (QED) is 0.688. The molecule has 0 heterocycles. The van der Waals surface area contributed by atoms with Crippen molar-refractivity contribution < 1.29 is 5.11 Å². The maximum atomic E-state index is 9.45. The highest BCUT2D eigenvalue weighted by Gasteiger charge is 2.20. The summed E-state index contributed by atoms with van der Waals surface area (Å²) in [5.74, 6) is 0.751. The van der Waals surface area contributed by atoms with Crippen molar-refractivity contribution in [3.63, 3.8) is 0 Å². The first-order valence-corrected chi connectivity index (χ1v) is 7.51. The zero-order valence-corrected chi connectivity index (χ0v) is 12.8. The Labute approximate surface area is 117 Å². The van der Waals surface area contributed by atoms with E-state index in [0.29, 0.717) is 5.11 Å². The third-order valence-electron chi connectivity index (χ3n) is 3.39. The van der Waals surface area contributed by atoms with Crippen LogP contribution in [0.4, 0.5) is 0 Å². The van der Waals surface area contributed by atoms with Crippen LogP contribution in [0.5, 0.6) is 0 Å². The lowest BCUT2D eigenvalue weighted by Gasteiger charge is -2.29. The van der Waals surface area contributed by atoms with Crippen molar-refractivity contribution in [1.82, 2.24) is 10.6 Å². The predicted molar refractivity (Wildman–Crippen MR) is 80.7 cm³/mol. The van der Waals surface area contributed by atoms with Crippen molar-refractivity contribution in [2.75, 3.05) is 6.61 Å². The number of nitrogens with one attached hydrogen (secondary N) is 2. The minimum atomic E-state index is -0.0328. The van der Waals surface area contributed by atoms with E-state index < -0.39 is 0 Å². The third-order valence-corrected chi connectivity index (χ3v) is 3.61. The first-order chi connectivity index (χ1) is 8.40. The molecule has 4 heteroatoms. The van der Waals surface area contributed by atoms with Crippen LogP contribution < -0.4 is 10.6 Å². The summed E-state index contributed by atoms with van der Waals surface area (Å²) < 4.78 is 0. The van der Waals surface area contributed by atoms with Crippen molar-refractivity contribution in [3.05, 3.63) is 0 Å². The Balaban J connectivity index is 2.34. The van der Waals surface area contributed by atoms with Crippen molar-refractivity contribution >= 4 is 17.3 Å². The van der Waals surface area contributed by atoms with Crippen molar-refractivity contribution in [3.8, 4) is 0 Å². The molecule has 3 N–H and O–H groups in total. The van der Waals surface area contributed by atoms with Gasteiger partial charge in [-0.05, 0) is 45.3 Å². The highest BCUT2D eigenvalue weighted by molar-refractivity contribution is 7.80. The van der Waals surface area contributed by atoms with Crippen LogP contribution in [0, 0.1) is 5.92 Å². The number of aliphatic hydroxyl groups is 1. The molecule has 0 radical (unpaired) electrons. The van der Waals surface area contributed by atoms with Gasteiger partial charge in [0, 0.05) is 5.54 Å². The molecule has 0 saturated heterocycles. The Morgan fingerprint density at radius 2 is 1.89 bits per heavy atom. The van der Waals surface area contributed by atoms with E-state index in [-0.39, 0.29) is 18.2 Å². The Morgan fingerprint density at radius 3 is 2.39 bits per heavy atom. The lowest BCUT2D eigenvalue weighted by molar-refractivity contribution is 0.216. The molecule has 0 aromatic carbocycles. The average Bonchev–Trinajstić information content (AvgIpc) is 2.27. The van der Waals surface area contributed by atoms with Gasteiger partial charge in [-0.25, -0.2) is 0 Å². The van der Waals surface area contributed by atoms with E-state index in [1.807, 2.05) is 0 Å². The van der Waals surface area contributed by atoms with E-state index in [2.05, 4.69) is 31.4 Å². The lowest BCUT2D eigenvalue weighted by Crippen LogP contribution is -2.50. The molecule has 106 valence electrons. The lowest BCUT2D eigenvalue weighted by atomic mass is 9.85. The number of hydrogen-bond donors (Lipinski definition) is 3. The molecule has 1 unspecified atom stereocenters. The highest BCUT2D eigenvalue weighted by atomic mass is 32.1. The molecule has 1 saturated carbocycles. The molecule has 0 aliphatic heterocycles. The van der Waals surface area contributed by atoms with E-state index in [0.717, 1.165) is 12.3 Å². The average molecular weight is 272 g/mol. The van der Waals surface area contributed by atoms with Crippen molar-refractivity contribution in [2.24, 2.45) is 5.92 Å². The fourth-order valence-corrected chi connectivity index (χ4v) is 3.04. The van der Waals surface area contributed by atoms with E-state index in [9.17, 15) is 5.11 Å². The third kappa shape index (κ3) is 6.55. The highest BCUT2D eigenvalue weighted by Crippen LogP contribution is 2.27. The van der Waals surface area contributed by atoms with Crippen LogP contribution >= 0.6 is 12.2 Å². The van der Waals surface area contributed by atoms with Gasteiger partial charge in [0.2, 0.25) is 0 Å². The molecule has 1 atom stereocenters. The molecule has 0 spiro atoms. The molecular formula is C14H28N2OS. The first-order valence-electron chi connectivity index (χ1n) is 7.10. The van der Waals surface area contributed by atoms with Crippen LogP contribution in [0.1, 0.15) is 59.3 Å². The zero-order chi connectivity index (χ0) is 13.6. The Hall–Kier alpha value is -0.350. The van der Waals surface area contributed by atoms with Gasteiger partial charge >= 0.3 is 0 Å².